The van der Waals surface area contributed by atoms with E-state index >= 15 is 0 Å². The number of amides is 3. The summed E-state index contributed by atoms with van der Waals surface area (Å²) in [5, 5.41) is 2.27. The smallest absolute Gasteiger partial charge is 0.294 e. The minimum absolute atomic E-state index is 0.0736. The molecular weight excluding hydrogens is 474 g/mol. The van der Waals surface area contributed by atoms with Crippen molar-refractivity contribution in [2.45, 2.75) is 52.5 Å². The zero-order valence-electron chi connectivity index (χ0n) is 21.7. The molecule has 0 bridgehead atoms. The molecule has 0 saturated carbocycles. The van der Waals surface area contributed by atoms with Crippen LogP contribution in [0.3, 0.4) is 0 Å². The van der Waals surface area contributed by atoms with E-state index in [1.165, 1.54) is 11.3 Å². The van der Waals surface area contributed by atoms with Gasteiger partial charge in [-0.3, -0.25) is 19.3 Å². The van der Waals surface area contributed by atoms with Gasteiger partial charge >= 0.3 is 0 Å². The first-order chi connectivity index (χ1) is 17.0. The third kappa shape index (κ3) is 5.00. The molecule has 0 radical (unpaired) electrons. The number of nitrogens with zero attached hydrogens (tertiary/aromatic N) is 2. The fourth-order valence-electron chi connectivity index (χ4n) is 5.20. The molecule has 36 heavy (non-hydrogen) atoms. The van der Waals surface area contributed by atoms with Gasteiger partial charge in [0.15, 0.2) is 0 Å². The number of hydrogen-bond acceptors (Lipinski definition) is 6. The van der Waals surface area contributed by atoms with Crippen molar-refractivity contribution in [3.05, 3.63) is 58.0 Å². The van der Waals surface area contributed by atoms with Gasteiger partial charge in [-0.15, -0.1) is 0 Å². The molecule has 7 nitrogen and oxygen atoms in total. The van der Waals surface area contributed by atoms with Gasteiger partial charge in [-0.25, -0.2) is 0 Å². The molecule has 190 valence electrons. The van der Waals surface area contributed by atoms with Crippen molar-refractivity contribution in [2.24, 2.45) is 0 Å². The van der Waals surface area contributed by atoms with Gasteiger partial charge in [0.1, 0.15) is 12.3 Å². The highest BCUT2D eigenvalue weighted by Gasteiger charge is 2.38. The van der Waals surface area contributed by atoms with Gasteiger partial charge in [0, 0.05) is 23.5 Å². The molecule has 1 saturated heterocycles. The van der Waals surface area contributed by atoms with E-state index in [4.69, 9.17) is 4.74 Å². The highest BCUT2D eigenvalue weighted by atomic mass is 32.2. The van der Waals surface area contributed by atoms with Crippen LogP contribution in [0.1, 0.15) is 56.7 Å². The summed E-state index contributed by atoms with van der Waals surface area (Å²) in [6.07, 6.45) is 2.82. The minimum atomic E-state index is -0.448. The number of rotatable bonds is 6. The first kappa shape index (κ1) is 25.8. The first-order valence-electron chi connectivity index (χ1n) is 12.2. The van der Waals surface area contributed by atoms with E-state index in [1.807, 2.05) is 6.92 Å². The SMILES string of the molecule is CCN1c2cc(C)c(/C=C3\SC(=O)N(CC(=O)Nc4ccc(OC)cc4)C3=O)cc2[C@H](C)CC1(C)C. The van der Waals surface area contributed by atoms with Crippen molar-refractivity contribution < 1.29 is 19.1 Å². The Morgan fingerprint density at radius 1 is 1.22 bits per heavy atom. The summed E-state index contributed by atoms with van der Waals surface area (Å²) in [6.45, 7) is 11.6. The highest BCUT2D eigenvalue weighted by Crippen LogP contribution is 2.45. The number of hydrogen-bond donors (Lipinski definition) is 1. The van der Waals surface area contributed by atoms with Crippen LogP contribution < -0.4 is 15.0 Å². The van der Waals surface area contributed by atoms with Crippen LogP contribution in [0.15, 0.2) is 41.3 Å². The molecule has 2 aromatic carbocycles. The summed E-state index contributed by atoms with van der Waals surface area (Å²) in [5.74, 6) is 0.158. The van der Waals surface area contributed by atoms with E-state index < -0.39 is 17.1 Å². The van der Waals surface area contributed by atoms with E-state index in [0.29, 0.717) is 22.3 Å². The van der Waals surface area contributed by atoms with Crippen LogP contribution in [0.4, 0.5) is 16.2 Å². The molecule has 0 aliphatic carbocycles. The van der Waals surface area contributed by atoms with Crippen LogP contribution in [0.25, 0.3) is 6.08 Å². The predicted molar refractivity (Wildman–Crippen MR) is 146 cm³/mol. The average Bonchev–Trinajstić information content (AvgIpc) is 3.07. The monoisotopic (exact) mass is 507 g/mol. The molecule has 4 rings (SSSR count). The van der Waals surface area contributed by atoms with Gasteiger partial charge in [-0.2, -0.15) is 0 Å². The number of imide groups is 1. The Balaban J connectivity index is 1.53. The average molecular weight is 508 g/mol. The zero-order chi connectivity index (χ0) is 26.2. The molecule has 8 heteroatoms. The van der Waals surface area contributed by atoms with Gasteiger partial charge in [-0.1, -0.05) is 6.92 Å². The topological polar surface area (TPSA) is 79.0 Å². The summed E-state index contributed by atoms with van der Waals surface area (Å²) in [4.78, 5) is 41.9. The molecular formula is C28H33N3O4S. The Labute approximate surface area is 216 Å². The maximum Gasteiger partial charge on any atom is 0.294 e. The Morgan fingerprint density at radius 2 is 1.92 bits per heavy atom. The lowest BCUT2D eigenvalue weighted by atomic mass is 9.79. The summed E-state index contributed by atoms with van der Waals surface area (Å²) in [6, 6.07) is 11.2. The number of methoxy groups -OCH3 is 1. The van der Waals surface area contributed by atoms with Crippen molar-refractivity contribution in [1.29, 1.82) is 0 Å². The molecule has 0 aromatic heterocycles. The normalized spacial score (nSPS) is 20.1. The predicted octanol–water partition coefficient (Wildman–Crippen LogP) is 5.79. The quantitative estimate of drug-likeness (QED) is 0.499. The van der Waals surface area contributed by atoms with Crippen LogP contribution in [0.2, 0.25) is 0 Å². The van der Waals surface area contributed by atoms with E-state index in [-0.39, 0.29) is 12.1 Å². The first-order valence-corrected chi connectivity index (χ1v) is 13.0. The van der Waals surface area contributed by atoms with Crippen LogP contribution in [-0.2, 0) is 9.59 Å². The molecule has 2 heterocycles. The van der Waals surface area contributed by atoms with Crippen molar-refractivity contribution in [3.63, 3.8) is 0 Å². The lowest BCUT2D eigenvalue weighted by Gasteiger charge is -2.47. The van der Waals surface area contributed by atoms with Gasteiger partial charge in [-0.05, 0) is 111 Å². The molecule has 2 aromatic rings. The number of carbonyl (C=O) groups excluding carboxylic acids is 3. The second kappa shape index (κ2) is 10.0. The van der Waals surface area contributed by atoms with Crippen molar-refractivity contribution >= 4 is 46.3 Å². The molecule has 0 spiro atoms. The lowest BCUT2D eigenvalue weighted by molar-refractivity contribution is -0.127. The Bertz CT molecular complexity index is 1240. The van der Waals surface area contributed by atoms with Gasteiger partial charge in [0.05, 0.1) is 12.0 Å². The van der Waals surface area contributed by atoms with Gasteiger partial charge in [0.25, 0.3) is 11.1 Å². The fraction of sp³-hybridized carbons (Fsp3) is 0.393. The summed E-state index contributed by atoms with van der Waals surface area (Å²) in [7, 11) is 1.56. The molecule has 2 aliphatic heterocycles. The number of nitrogens with one attached hydrogen (secondary N) is 1. The Morgan fingerprint density at radius 3 is 2.56 bits per heavy atom. The number of benzene rings is 2. The Hall–Kier alpha value is -3.26. The largest absolute Gasteiger partial charge is 0.497 e. The maximum absolute atomic E-state index is 13.1. The van der Waals surface area contributed by atoms with Gasteiger partial charge in [0.2, 0.25) is 5.91 Å². The van der Waals surface area contributed by atoms with Gasteiger partial charge < -0.3 is 15.0 Å². The molecule has 2 aliphatic rings. The van der Waals surface area contributed by atoms with E-state index in [0.717, 1.165) is 40.8 Å². The van der Waals surface area contributed by atoms with E-state index in [2.05, 4.69) is 50.0 Å². The molecule has 1 atom stereocenters. The molecule has 3 amide bonds. The summed E-state index contributed by atoms with van der Waals surface area (Å²) >= 11 is 0.873. The number of anilines is 2. The number of thioether (sulfide) groups is 1. The molecule has 1 fully saturated rings. The highest BCUT2D eigenvalue weighted by molar-refractivity contribution is 8.18. The van der Waals surface area contributed by atoms with Crippen molar-refractivity contribution in [3.8, 4) is 5.75 Å². The van der Waals surface area contributed by atoms with Crippen LogP contribution >= 0.6 is 11.8 Å². The third-order valence-electron chi connectivity index (χ3n) is 6.93. The maximum atomic E-state index is 13.1. The lowest BCUT2D eigenvalue weighted by Crippen LogP contribution is -2.48. The zero-order valence-corrected chi connectivity index (χ0v) is 22.5. The second-order valence-corrected chi connectivity index (χ2v) is 11.0. The number of fused-ring (bicyclic) bond motifs is 1. The standard InChI is InChI=1S/C28H33N3O4S/c1-7-31-23-12-17(2)19(13-22(23)18(3)15-28(31,4)5)14-24-26(33)30(27(34)36-24)16-25(32)29-20-8-10-21(35-6)11-9-20/h8-14,18H,7,15-16H2,1-6H3,(H,29,32)/b24-14-/t18-/m1/s1. The fourth-order valence-corrected chi connectivity index (χ4v) is 6.03. The van der Waals surface area contributed by atoms with Crippen LogP contribution in [0, 0.1) is 6.92 Å². The van der Waals surface area contributed by atoms with Crippen LogP contribution in [-0.4, -0.2) is 47.7 Å². The van der Waals surface area contributed by atoms with Crippen molar-refractivity contribution in [1.82, 2.24) is 4.90 Å². The Kier molecular flexibility index (Phi) is 7.18. The van der Waals surface area contributed by atoms with E-state index in [9.17, 15) is 14.4 Å². The number of ether oxygens (including phenoxy) is 1. The number of aryl methyl sites for hydroxylation is 1. The second-order valence-electron chi connectivity index (χ2n) is 9.97. The summed E-state index contributed by atoms with van der Waals surface area (Å²) in [5.41, 5.74) is 5.09. The van der Waals surface area contributed by atoms with E-state index in [1.54, 1.807) is 37.5 Å². The molecule has 1 N–H and O–H groups in total. The minimum Gasteiger partial charge on any atom is -0.497 e. The van der Waals surface area contributed by atoms with Crippen LogP contribution in [0.5, 0.6) is 5.75 Å². The molecule has 0 unspecified atom stereocenters. The summed E-state index contributed by atoms with van der Waals surface area (Å²) < 4.78 is 5.11. The van der Waals surface area contributed by atoms with Crippen molar-refractivity contribution in [2.75, 3.05) is 30.4 Å². The number of carbonyl (C=O) groups is 3. The third-order valence-corrected chi connectivity index (χ3v) is 7.83.